The highest BCUT2D eigenvalue weighted by molar-refractivity contribution is 5.85. The third-order valence-corrected chi connectivity index (χ3v) is 3.00. The van der Waals surface area contributed by atoms with Gasteiger partial charge in [0.25, 0.3) is 0 Å². The van der Waals surface area contributed by atoms with E-state index < -0.39 is 0 Å². The Morgan fingerprint density at radius 2 is 2.21 bits per heavy atom. The summed E-state index contributed by atoms with van der Waals surface area (Å²) in [6.07, 6.45) is 2.13. The Kier molecular flexibility index (Phi) is 1.35. The minimum Gasteiger partial charge on any atom is -0.360 e. The van der Waals surface area contributed by atoms with Crippen LogP contribution in [0.15, 0.2) is 22.7 Å². The predicted octanol–water partition coefficient (Wildman–Crippen LogP) is 2.08. The second kappa shape index (κ2) is 2.36. The van der Waals surface area contributed by atoms with Gasteiger partial charge in [0.05, 0.1) is 0 Å². The van der Waals surface area contributed by atoms with Crippen LogP contribution in [0.3, 0.4) is 0 Å². The van der Waals surface area contributed by atoms with Crippen LogP contribution in [0, 0.1) is 6.92 Å². The van der Waals surface area contributed by atoms with Gasteiger partial charge in [-0.1, -0.05) is 17.3 Å². The van der Waals surface area contributed by atoms with Crippen molar-refractivity contribution in [1.82, 2.24) is 5.16 Å². The van der Waals surface area contributed by atoms with Crippen LogP contribution in [-0.2, 0) is 5.54 Å². The van der Waals surface area contributed by atoms with E-state index in [4.69, 9.17) is 10.3 Å². The van der Waals surface area contributed by atoms with Gasteiger partial charge < -0.3 is 10.3 Å². The van der Waals surface area contributed by atoms with Gasteiger partial charge in [-0.25, -0.2) is 0 Å². The summed E-state index contributed by atoms with van der Waals surface area (Å²) in [5.74, 6) is 0.868. The smallest absolute Gasteiger partial charge is 0.141 e. The van der Waals surface area contributed by atoms with E-state index >= 15 is 0 Å². The molecule has 72 valence electrons. The number of hydrogen-bond acceptors (Lipinski definition) is 3. The third-order valence-electron chi connectivity index (χ3n) is 3.00. The number of aromatic nitrogens is 1. The van der Waals surface area contributed by atoms with E-state index in [1.807, 2.05) is 19.1 Å². The Balaban J connectivity index is 2.37. The van der Waals surface area contributed by atoms with Crippen LogP contribution >= 0.6 is 0 Å². The van der Waals surface area contributed by atoms with Crippen LogP contribution in [0.5, 0.6) is 0 Å². The molecule has 0 amide bonds. The fraction of sp³-hybridized carbons (Fsp3) is 0.364. The summed E-state index contributed by atoms with van der Waals surface area (Å²) in [6, 6.07) is 6.03. The largest absolute Gasteiger partial charge is 0.360 e. The number of nitrogens with two attached hydrogens (primary N) is 1. The lowest BCUT2D eigenvalue weighted by atomic mass is 10.00. The van der Waals surface area contributed by atoms with Crippen LogP contribution < -0.4 is 5.73 Å². The first-order valence-corrected chi connectivity index (χ1v) is 4.85. The van der Waals surface area contributed by atoms with E-state index in [0.717, 1.165) is 29.5 Å². The number of fused-ring (bicyclic) bond motifs is 1. The third kappa shape index (κ3) is 0.930. The summed E-state index contributed by atoms with van der Waals surface area (Å²) in [5, 5.41) is 5.09. The summed E-state index contributed by atoms with van der Waals surface area (Å²) < 4.78 is 5.17. The molecule has 1 aromatic heterocycles. The molecule has 0 atom stereocenters. The minimum absolute atomic E-state index is 0.115. The lowest BCUT2D eigenvalue weighted by molar-refractivity contribution is 0.405. The second-order valence-corrected chi connectivity index (χ2v) is 4.09. The van der Waals surface area contributed by atoms with Crippen LogP contribution in [0.25, 0.3) is 10.9 Å². The molecule has 1 aliphatic rings. The van der Waals surface area contributed by atoms with E-state index in [0.29, 0.717) is 0 Å². The first kappa shape index (κ1) is 8.00. The van der Waals surface area contributed by atoms with Crippen molar-refractivity contribution < 1.29 is 4.52 Å². The van der Waals surface area contributed by atoms with E-state index in [2.05, 4.69) is 11.2 Å². The number of rotatable bonds is 1. The molecule has 1 fully saturated rings. The molecule has 1 saturated carbocycles. The molecule has 1 heterocycles. The van der Waals surface area contributed by atoms with Crippen molar-refractivity contribution in [2.45, 2.75) is 25.3 Å². The molecular weight excluding hydrogens is 176 g/mol. The molecule has 0 radical (unpaired) electrons. The van der Waals surface area contributed by atoms with Gasteiger partial charge >= 0.3 is 0 Å². The Bertz CT molecular complexity index is 497. The fourth-order valence-electron chi connectivity index (χ4n) is 1.97. The van der Waals surface area contributed by atoms with E-state index in [9.17, 15) is 0 Å². The van der Waals surface area contributed by atoms with Gasteiger partial charge in [0.1, 0.15) is 11.3 Å². The molecule has 2 aromatic rings. The van der Waals surface area contributed by atoms with Crippen LogP contribution in [0.4, 0.5) is 0 Å². The monoisotopic (exact) mass is 188 g/mol. The summed E-state index contributed by atoms with van der Waals surface area (Å²) in [5.41, 5.74) is 8.18. The molecule has 0 spiro atoms. The highest BCUT2D eigenvalue weighted by atomic mass is 16.5. The highest BCUT2D eigenvalue weighted by Crippen LogP contribution is 2.45. The summed E-state index contributed by atoms with van der Waals surface area (Å²) in [4.78, 5) is 0. The van der Waals surface area contributed by atoms with Crippen molar-refractivity contribution in [3.8, 4) is 0 Å². The van der Waals surface area contributed by atoms with Gasteiger partial charge in [-0.15, -0.1) is 0 Å². The maximum atomic E-state index is 6.19. The summed E-state index contributed by atoms with van der Waals surface area (Å²) in [6.45, 7) is 1.94. The predicted molar refractivity (Wildman–Crippen MR) is 53.8 cm³/mol. The second-order valence-electron chi connectivity index (χ2n) is 4.09. The zero-order chi connectivity index (χ0) is 9.76. The van der Waals surface area contributed by atoms with E-state index in [1.165, 1.54) is 5.56 Å². The Hall–Kier alpha value is -1.35. The molecular formula is C11H12N2O. The van der Waals surface area contributed by atoms with E-state index in [-0.39, 0.29) is 5.54 Å². The minimum atomic E-state index is -0.115. The summed E-state index contributed by atoms with van der Waals surface area (Å²) in [7, 11) is 0. The molecule has 1 aromatic carbocycles. The number of hydrogen-bond donors (Lipinski definition) is 1. The van der Waals surface area contributed by atoms with Crippen molar-refractivity contribution in [2.75, 3.05) is 0 Å². The Labute approximate surface area is 81.9 Å². The molecule has 0 unspecified atom stereocenters. The van der Waals surface area contributed by atoms with Crippen molar-refractivity contribution in [1.29, 1.82) is 0 Å². The van der Waals surface area contributed by atoms with Crippen LogP contribution in [0.1, 0.15) is 24.2 Å². The number of nitrogens with zero attached hydrogens (tertiary/aromatic N) is 1. The normalized spacial score (nSPS) is 18.7. The van der Waals surface area contributed by atoms with Gasteiger partial charge in [-0.05, 0) is 31.4 Å². The molecule has 3 rings (SSSR count). The molecule has 14 heavy (non-hydrogen) atoms. The maximum absolute atomic E-state index is 6.19. The fourth-order valence-corrected chi connectivity index (χ4v) is 1.97. The molecule has 0 saturated heterocycles. The molecule has 0 bridgehead atoms. The molecule has 0 aliphatic heterocycles. The van der Waals surface area contributed by atoms with Gasteiger partial charge in [0.15, 0.2) is 0 Å². The molecule has 3 heteroatoms. The van der Waals surface area contributed by atoms with Crippen molar-refractivity contribution >= 4 is 10.9 Å². The lowest BCUT2D eigenvalue weighted by Crippen LogP contribution is -2.18. The zero-order valence-corrected chi connectivity index (χ0v) is 8.08. The van der Waals surface area contributed by atoms with Crippen molar-refractivity contribution in [3.05, 3.63) is 29.5 Å². The van der Waals surface area contributed by atoms with Gasteiger partial charge in [0.2, 0.25) is 0 Å². The van der Waals surface area contributed by atoms with Gasteiger partial charge in [-0.3, -0.25) is 0 Å². The van der Waals surface area contributed by atoms with Crippen LogP contribution in [-0.4, -0.2) is 5.16 Å². The molecule has 2 N–H and O–H groups in total. The lowest BCUT2D eigenvalue weighted by Gasteiger charge is -2.09. The Morgan fingerprint density at radius 1 is 1.43 bits per heavy atom. The average molecular weight is 188 g/mol. The summed E-state index contributed by atoms with van der Waals surface area (Å²) >= 11 is 0. The number of aryl methyl sites for hydroxylation is 1. The quantitative estimate of drug-likeness (QED) is 0.745. The first-order chi connectivity index (χ1) is 6.71. The molecule has 3 nitrogen and oxygen atoms in total. The van der Waals surface area contributed by atoms with Gasteiger partial charge in [-0.2, -0.15) is 0 Å². The van der Waals surface area contributed by atoms with Crippen molar-refractivity contribution in [3.63, 3.8) is 0 Å². The van der Waals surface area contributed by atoms with Gasteiger partial charge in [0, 0.05) is 10.9 Å². The van der Waals surface area contributed by atoms with Crippen molar-refractivity contribution in [2.24, 2.45) is 5.73 Å². The highest BCUT2D eigenvalue weighted by Gasteiger charge is 2.41. The Morgan fingerprint density at radius 3 is 2.93 bits per heavy atom. The average Bonchev–Trinajstić information content (AvgIpc) is 2.83. The topological polar surface area (TPSA) is 52.0 Å². The standard InChI is InChI=1S/C11H12N2O/c1-7-10-8(11(12)5-6-11)3-2-4-9(10)13-14-7/h2-4H,5-6,12H2,1H3. The zero-order valence-electron chi connectivity index (χ0n) is 8.08. The number of benzene rings is 1. The SMILES string of the molecule is Cc1onc2cccc(C3(N)CC3)c12. The first-order valence-electron chi connectivity index (χ1n) is 4.85. The van der Waals surface area contributed by atoms with Crippen LogP contribution in [0.2, 0.25) is 0 Å². The maximum Gasteiger partial charge on any atom is 0.141 e. The van der Waals surface area contributed by atoms with E-state index in [1.54, 1.807) is 0 Å². The molecule has 1 aliphatic carbocycles.